The van der Waals surface area contributed by atoms with Crippen LogP contribution in [0.1, 0.15) is 26.2 Å². The van der Waals surface area contributed by atoms with Gasteiger partial charge in [0.15, 0.2) is 0 Å². The Balaban J connectivity index is 2.13. The van der Waals surface area contributed by atoms with Crippen molar-refractivity contribution in [3.63, 3.8) is 0 Å². The second kappa shape index (κ2) is 5.81. The van der Waals surface area contributed by atoms with E-state index in [0.717, 1.165) is 0 Å². The van der Waals surface area contributed by atoms with Gasteiger partial charge in [-0.3, -0.25) is 4.79 Å². The summed E-state index contributed by atoms with van der Waals surface area (Å²) in [5, 5.41) is 6.05. The molecular formula is C11H20N2O. The lowest BCUT2D eigenvalue weighted by Crippen LogP contribution is -2.40. The van der Waals surface area contributed by atoms with E-state index in [-0.39, 0.29) is 5.91 Å². The number of hydrogen-bond donors (Lipinski definition) is 2. The lowest BCUT2D eigenvalue weighted by Gasteiger charge is -2.16. The van der Waals surface area contributed by atoms with Crippen LogP contribution in [-0.4, -0.2) is 25.0 Å². The molecule has 2 N–H and O–H groups in total. The van der Waals surface area contributed by atoms with E-state index in [1.807, 2.05) is 0 Å². The Kier molecular flexibility index (Phi) is 4.66. The van der Waals surface area contributed by atoms with E-state index in [1.54, 1.807) is 6.08 Å². The van der Waals surface area contributed by atoms with Gasteiger partial charge < -0.3 is 10.6 Å². The molecule has 0 saturated heterocycles. The standard InChI is InChI=1S/C11H20N2O/c1-3-7-12-11(14)8-13-10-6-4-5-9(10)2/h3,9-10,13H,1,4-8H2,2H3,(H,12,14). The number of amides is 1. The molecule has 0 bridgehead atoms. The van der Waals surface area contributed by atoms with E-state index >= 15 is 0 Å². The molecule has 1 aliphatic rings. The monoisotopic (exact) mass is 196 g/mol. The van der Waals surface area contributed by atoms with Crippen molar-refractivity contribution in [3.8, 4) is 0 Å². The number of rotatable bonds is 5. The molecule has 0 radical (unpaired) electrons. The molecule has 80 valence electrons. The first-order valence-electron chi connectivity index (χ1n) is 5.35. The van der Waals surface area contributed by atoms with Crippen LogP contribution in [0.5, 0.6) is 0 Å². The van der Waals surface area contributed by atoms with Gasteiger partial charge >= 0.3 is 0 Å². The van der Waals surface area contributed by atoms with Crippen LogP contribution < -0.4 is 10.6 Å². The van der Waals surface area contributed by atoms with Crippen LogP contribution in [0.4, 0.5) is 0 Å². The smallest absolute Gasteiger partial charge is 0.234 e. The maximum atomic E-state index is 11.2. The minimum absolute atomic E-state index is 0.0593. The van der Waals surface area contributed by atoms with Crippen LogP contribution in [0.3, 0.4) is 0 Å². The zero-order valence-corrected chi connectivity index (χ0v) is 8.88. The molecule has 1 fully saturated rings. The van der Waals surface area contributed by atoms with Crippen LogP contribution >= 0.6 is 0 Å². The fourth-order valence-electron chi connectivity index (χ4n) is 1.92. The van der Waals surface area contributed by atoms with Gasteiger partial charge in [0.1, 0.15) is 0 Å². The van der Waals surface area contributed by atoms with Gasteiger partial charge in [-0.05, 0) is 18.8 Å². The molecule has 0 aromatic carbocycles. The Labute approximate surface area is 86.0 Å². The SMILES string of the molecule is C=CCNC(=O)CNC1CCCC1C. The quantitative estimate of drug-likeness (QED) is 0.646. The lowest BCUT2D eigenvalue weighted by molar-refractivity contribution is -0.120. The molecule has 1 amide bonds. The van der Waals surface area contributed by atoms with E-state index in [9.17, 15) is 4.79 Å². The van der Waals surface area contributed by atoms with E-state index in [1.165, 1.54) is 19.3 Å². The van der Waals surface area contributed by atoms with Crippen molar-refractivity contribution in [2.45, 2.75) is 32.2 Å². The molecular weight excluding hydrogens is 176 g/mol. The summed E-state index contributed by atoms with van der Waals surface area (Å²) in [5.41, 5.74) is 0. The maximum absolute atomic E-state index is 11.2. The van der Waals surface area contributed by atoms with E-state index in [2.05, 4.69) is 24.1 Å². The van der Waals surface area contributed by atoms with Crippen molar-refractivity contribution in [1.29, 1.82) is 0 Å². The topological polar surface area (TPSA) is 41.1 Å². The Morgan fingerprint density at radius 3 is 2.93 bits per heavy atom. The summed E-state index contributed by atoms with van der Waals surface area (Å²) in [6.07, 6.45) is 5.46. The van der Waals surface area contributed by atoms with Gasteiger partial charge in [0.25, 0.3) is 0 Å². The minimum Gasteiger partial charge on any atom is -0.352 e. The maximum Gasteiger partial charge on any atom is 0.234 e. The highest BCUT2D eigenvalue weighted by atomic mass is 16.1. The first-order valence-corrected chi connectivity index (χ1v) is 5.35. The second-order valence-electron chi connectivity index (χ2n) is 3.99. The summed E-state index contributed by atoms with van der Waals surface area (Å²) in [4.78, 5) is 11.2. The zero-order valence-electron chi connectivity index (χ0n) is 8.88. The molecule has 1 rings (SSSR count). The number of hydrogen-bond acceptors (Lipinski definition) is 2. The van der Waals surface area contributed by atoms with Crippen LogP contribution in [0.25, 0.3) is 0 Å². The van der Waals surface area contributed by atoms with Gasteiger partial charge in [0.2, 0.25) is 5.91 Å². The van der Waals surface area contributed by atoms with Gasteiger partial charge in [0.05, 0.1) is 6.54 Å². The van der Waals surface area contributed by atoms with Crippen LogP contribution in [0.15, 0.2) is 12.7 Å². The van der Waals surface area contributed by atoms with Crippen LogP contribution in [-0.2, 0) is 4.79 Å². The molecule has 0 aromatic heterocycles. The predicted octanol–water partition coefficient (Wildman–Crippen LogP) is 1.07. The molecule has 1 saturated carbocycles. The summed E-state index contributed by atoms with van der Waals surface area (Å²) in [6, 6.07) is 0.532. The van der Waals surface area contributed by atoms with E-state index in [0.29, 0.717) is 25.0 Å². The summed E-state index contributed by atoms with van der Waals surface area (Å²) >= 11 is 0. The summed E-state index contributed by atoms with van der Waals surface area (Å²) in [6.45, 7) is 6.78. The van der Waals surface area contributed by atoms with Gasteiger partial charge in [-0.15, -0.1) is 6.58 Å². The third-order valence-electron chi connectivity index (χ3n) is 2.83. The number of carbonyl (C=O) groups is 1. The third kappa shape index (κ3) is 3.50. The highest BCUT2D eigenvalue weighted by Gasteiger charge is 2.22. The molecule has 3 nitrogen and oxygen atoms in total. The minimum atomic E-state index is 0.0593. The van der Waals surface area contributed by atoms with Crippen molar-refractivity contribution < 1.29 is 4.79 Å². The molecule has 1 aliphatic carbocycles. The van der Waals surface area contributed by atoms with Crippen LogP contribution in [0.2, 0.25) is 0 Å². The highest BCUT2D eigenvalue weighted by Crippen LogP contribution is 2.24. The molecule has 2 atom stereocenters. The Hall–Kier alpha value is -0.830. The Morgan fingerprint density at radius 1 is 1.57 bits per heavy atom. The predicted molar refractivity (Wildman–Crippen MR) is 58.0 cm³/mol. The summed E-state index contributed by atoms with van der Waals surface area (Å²) in [7, 11) is 0. The summed E-state index contributed by atoms with van der Waals surface area (Å²) < 4.78 is 0. The first kappa shape index (κ1) is 11.2. The largest absolute Gasteiger partial charge is 0.352 e. The van der Waals surface area contributed by atoms with Crippen molar-refractivity contribution in [2.24, 2.45) is 5.92 Å². The van der Waals surface area contributed by atoms with Gasteiger partial charge in [0, 0.05) is 12.6 Å². The molecule has 0 aromatic rings. The average Bonchev–Trinajstić information content (AvgIpc) is 2.58. The normalized spacial score (nSPS) is 26.1. The second-order valence-corrected chi connectivity index (χ2v) is 3.99. The van der Waals surface area contributed by atoms with Crippen LogP contribution in [0, 0.1) is 5.92 Å². The third-order valence-corrected chi connectivity index (χ3v) is 2.83. The average molecular weight is 196 g/mol. The van der Waals surface area contributed by atoms with Gasteiger partial charge in [-0.2, -0.15) is 0 Å². The fourth-order valence-corrected chi connectivity index (χ4v) is 1.92. The molecule has 14 heavy (non-hydrogen) atoms. The zero-order chi connectivity index (χ0) is 10.4. The fraction of sp³-hybridized carbons (Fsp3) is 0.727. The lowest BCUT2D eigenvalue weighted by atomic mass is 10.1. The van der Waals surface area contributed by atoms with Crippen molar-refractivity contribution in [1.82, 2.24) is 10.6 Å². The van der Waals surface area contributed by atoms with E-state index in [4.69, 9.17) is 0 Å². The summed E-state index contributed by atoms with van der Waals surface area (Å²) in [5.74, 6) is 0.770. The van der Waals surface area contributed by atoms with Crippen molar-refractivity contribution >= 4 is 5.91 Å². The van der Waals surface area contributed by atoms with E-state index < -0.39 is 0 Å². The highest BCUT2D eigenvalue weighted by molar-refractivity contribution is 5.78. The molecule has 3 heteroatoms. The molecule has 0 aliphatic heterocycles. The van der Waals surface area contributed by atoms with Crippen molar-refractivity contribution in [2.75, 3.05) is 13.1 Å². The Bertz CT molecular complexity index is 203. The first-order chi connectivity index (χ1) is 6.74. The number of carbonyl (C=O) groups excluding carboxylic acids is 1. The Morgan fingerprint density at radius 2 is 2.36 bits per heavy atom. The van der Waals surface area contributed by atoms with Gasteiger partial charge in [-0.1, -0.05) is 19.4 Å². The number of nitrogens with one attached hydrogen (secondary N) is 2. The van der Waals surface area contributed by atoms with Gasteiger partial charge in [-0.25, -0.2) is 0 Å². The molecule has 0 spiro atoms. The molecule has 2 unspecified atom stereocenters. The van der Waals surface area contributed by atoms with Crippen molar-refractivity contribution in [3.05, 3.63) is 12.7 Å². The molecule has 0 heterocycles.